The van der Waals surface area contributed by atoms with Gasteiger partial charge in [-0.25, -0.2) is 4.39 Å². The molecule has 0 aromatic heterocycles. The summed E-state index contributed by atoms with van der Waals surface area (Å²) in [7, 11) is 0. The normalized spacial score (nSPS) is 18.3. The quantitative estimate of drug-likeness (QED) is 0.894. The number of nitrogens with zero attached hydrogens (tertiary/aromatic N) is 1. The molecule has 0 saturated carbocycles. The van der Waals surface area contributed by atoms with Crippen LogP contribution in [0.15, 0.2) is 18.2 Å². The molecule has 1 aromatic rings. The third kappa shape index (κ3) is 5.10. The molecule has 1 heterocycles. The topological polar surface area (TPSA) is 15.3 Å². The first-order valence-corrected chi connectivity index (χ1v) is 7.34. The fourth-order valence-corrected chi connectivity index (χ4v) is 2.98. The second-order valence-electron chi connectivity index (χ2n) is 5.62. The summed E-state index contributed by atoms with van der Waals surface area (Å²) < 4.78 is 13.6. The van der Waals surface area contributed by atoms with Crippen molar-refractivity contribution in [2.24, 2.45) is 5.92 Å². The van der Waals surface area contributed by atoms with Crippen molar-refractivity contribution < 1.29 is 4.39 Å². The molecule has 1 aliphatic heterocycles. The summed E-state index contributed by atoms with van der Waals surface area (Å²) in [6.07, 6.45) is 1.12. The van der Waals surface area contributed by atoms with Gasteiger partial charge in [0, 0.05) is 32.2 Å². The number of rotatable bonds is 4. The molecule has 0 radical (unpaired) electrons. The van der Waals surface area contributed by atoms with Crippen molar-refractivity contribution in [1.82, 2.24) is 10.2 Å². The maximum absolute atomic E-state index is 13.6. The van der Waals surface area contributed by atoms with Gasteiger partial charge in [-0.05, 0) is 36.1 Å². The summed E-state index contributed by atoms with van der Waals surface area (Å²) in [4.78, 5) is 2.51. The number of benzene rings is 1. The minimum atomic E-state index is -0.121. The molecule has 2 atom stereocenters. The molecule has 2 rings (SSSR count). The molecule has 1 N–H and O–H groups in total. The molecule has 5 heteroatoms. The average molecular weight is 337 g/mol. The third-order valence-electron chi connectivity index (χ3n) is 4.29. The molecule has 1 saturated heterocycles. The molecule has 21 heavy (non-hydrogen) atoms. The zero-order valence-electron chi connectivity index (χ0n) is 13.1. The van der Waals surface area contributed by atoms with Gasteiger partial charge in [-0.15, -0.1) is 24.8 Å². The molecule has 1 aliphatic rings. The van der Waals surface area contributed by atoms with Gasteiger partial charge in [-0.3, -0.25) is 4.90 Å². The Bertz CT molecular complexity index is 423. The van der Waals surface area contributed by atoms with Crippen molar-refractivity contribution in [3.05, 3.63) is 35.1 Å². The standard InChI is InChI=1S/C16H25FN2.2ClH/c1-4-12(2)16(19-9-7-18-8-10-19)15-11-14(17)6-5-13(15)3;;/h5-6,11-12,16,18H,4,7-10H2,1-3H3;2*1H/t12?,16-;;/m1../s1. The Morgan fingerprint density at radius 2 is 1.86 bits per heavy atom. The Hall–Kier alpha value is -0.350. The molecule has 0 aliphatic carbocycles. The summed E-state index contributed by atoms with van der Waals surface area (Å²) in [5, 5.41) is 3.39. The van der Waals surface area contributed by atoms with Gasteiger partial charge >= 0.3 is 0 Å². The zero-order chi connectivity index (χ0) is 13.8. The number of hydrogen-bond donors (Lipinski definition) is 1. The van der Waals surface area contributed by atoms with Crippen LogP contribution >= 0.6 is 24.8 Å². The highest BCUT2D eigenvalue weighted by molar-refractivity contribution is 5.85. The lowest BCUT2D eigenvalue weighted by Gasteiger charge is -2.39. The predicted molar refractivity (Wildman–Crippen MR) is 92.3 cm³/mol. The van der Waals surface area contributed by atoms with Crippen molar-refractivity contribution in [2.75, 3.05) is 26.2 Å². The number of aryl methyl sites for hydroxylation is 1. The highest BCUT2D eigenvalue weighted by atomic mass is 35.5. The monoisotopic (exact) mass is 336 g/mol. The Kier molecular flexibility index (Phi) is 9.46. The Balaban J connectivity index is 0.00000200. The molecule has 1 unspecified atom stereocenters. The van der Waals surface area contributed by atoms with Gasteiger partial charge in [0.1, 0.15) is 5.82 Å². The second-order valence-corrected chi connectivity index (χ2v) is 5.62. The van der Waals surface area contributed by atoms with Crippen LogP contribution in [0.25, 0.3) is 0 Å². The van der Waals surface area contributed by atoms with Gasteiger partial charge in [0.25, 0.3) is 0 Å². The van der Waals surface area contributed by atoms with E-state index in [1.54, 1.807) is 12.1 Å². The Morgan fingerprint density at radius 3 is 2.43 bits per heavy atom. The first-order chi connectivity index (χ1) is 9.13. The number of nitrogens with one attached hydrogen (secondary N) is 1. The fourth-order valence-electron chi connectivity index (χ4n) is 2.98. The second kappa shape index (κ2) is 9.62. The molecule has 0 spiro atoms. The first kappa shape index (κ1) is 20.6. The molecule has 1 aromatic carbocycles. The molecule has 1 fully saturated rings. The lowest BCUT2D eigenvalue weighted by atomic mass is 9.88. The molecular weight excluding hydrogens is 310 g/mol. The van der Waals surface area contributed by atoms with Crippen LogP contribution in [0.5, 0.6) is 0 Å². The minimum Gasteiger partial charge on any atom is -0.314 e. The smallest absolute Gasteiger partial charge is 0.123 e. The van der Waals surface area contributed by atoms with Crippen molar-refractivity contribution in [3.8, 4) is 0 Å². The lowest BCUT2D eigenvalue weighted by molar-refractivity contribution is 0.128. The van der Waals surface area contributed by atoms with Crippen LogP contribution in [0.4, 0.5) is 4.39 Å². The van der Waals surface area contributed by atoms with E-state index in [2.05, 4.69) is 31.0 Å². The summed E-state index contributed by atoms with van der Waals surface area (Å²) >= 11 is 0. The third-order valence-corrected chi connectivity index (χ3v) is 4.29. The maximum Gasteiger partial charge on any atom is 0.123 e. The van der Waals surface area contributed by atoms with Crippen LogP contribution in [0.3, 0.4) is 0 Å². The van der Waals surface area contributed by atoms with Crippen LogP contribution in [0, 0.1) is 18.7 Å². The zero-order valence-corrected chi connectivity index (χ0v) is 14.7. The van der Waals surface area contributed by atoms with Crippen molar-refractivity contribution in [3.63, 3.8) is 0 Å². The van der Waals surface area contributed by atoms with E-state index in [9.17, 15) is 4.39 Å². The minimum absolute atomic E-state index is 0. The van der Waals surface area contributed by atoms with Crippen LogP contribution in [0.2, 0.25) is 0 Å². The fraction of sp³-hybridized carbons (Fsp3) is 0.625. The highest BCUT2D eigenvalue weighted by Crippen LogP contribution is 2.33. The molecule has 0 amide bonds. The van der Waals surface area contributed by atoms with Crippen LogP contribution in [-0.2, 0) is 0 Å². The van der Waals surface area contributed by atoms with E-state index in [1.807, 2.05) is 6.07 Å². The van der Waals surface area contributed by atoms with Gasteiger partial charge in [-0.2, -0.15) is 0 Å². The van der Waals surface area contributed by atoms with Crippen LogP contribution < -0.4 is 5.32 Å². The summed E-state index contributed by atoms with van der Waals surface area (Å²) in [5.41, 5.74) is 2.36. The van der Waals surface area contributed by atoms with Crippen LogP contribution in [0.1, 0.15) is 37.4 Å². The van der Waals surface area contributed by atoms with E-state index in [0.717, 1.165) is 38.2 Å². The van der Waals surface area contributed by atoms with Crippen molar-refractivity contribution in [1.29, 1.82) is 0 Å². The average Bonchev–Trinajstić information content (AvgIpc) is 2.44. The highest BCUT2D eigenvalue weighted by Gasteiger charge is 2.27. The number of piperazine rings is 1. The molecule has 122 valence electrons. The predicted octanol–water partition coefficient (Wildman–Crippen LogP) is 3.97. The van der Waals surface area contributed by atoms with E-state index in [0.29, 0.717) is 12.0 Å². The van der Waals surface area contributed by atoms with E-state index < -0.39 is 0 Å². The number of hydrogen-bond acceptors (Lipinski definition) is 2. The molecule has 2 nitrogen and oxygen atoms in total. The maximum atomic E-state index is 13.6. The van der Waals surface area contributed by atoms with Crippen LogP contribution in [-0.4, -0.2) is 31.1 Å². The van der Waals surface area contributed by atoms with Crippen molar-refractivity contribution >= 4 is 24.8 Å². The first-order valence-electron chi connectivity index (χ1n) is 7.34. The van der Waals surface area contributed by atoms with E-state index in [4.69, 9.17) is 0 Å². The van der Waals surface area contributed by atoms with Gasteiger partial charge in [0.2, 0.25) is 0 Å². The largest absolute Gasteiger partial charge is 0.314 e. The summed E-state index contributed by atoms with van der Waals surface area (Å²) in [6, 6.07) is 5.53. The summed E-state index contributed by atoms with van der Waals surface area (Å²) in [6.45, 7) is 10.7. The van der Waals surface area contributed by atoms with E-state index in [1.165, 1.54) is 5.56 Å². The van der Waals surface area contributed by atoms with E-state index >= 15 is 0 Å². The van der Waals surface area contributed by atoms with Gasteiger partial charge in [0.15, 0.2) is 0 Å². The number of halogens is 3. The summed E-state index contributed by atoms with van der Waals surface area (Å²) in [5.74, 6) is 0.419. The molecular formula is C16H27Cl2FN2. The Morgan fingerprint density at radius 1 is 1.24 bits per heavy atom. The van der Waals surface area contributed by atoms with Gasteiger partial charge < -0.3 is 5.32 Å². The Labute approximate surface area is 140 Å². The molecule has 0 bridgehead atoms. The van der Waals surface area contributed by atoms with Gasteiger partial charge in [-0.1, -0.05) is 26.3 Å². The van der Waals surface area contributed by atoms with Gasteiger partial charge in [0.05, 0.1) is 0 Å². The SMILES string of the molecule is CCC(C)[C@H](c1cc(F)ccc1C)N1CCNCC1.Cl.Cl. The lowest BCUT2D eigenvalue weighted by Crippen LogP contribution is -2.46. The van der Waals surface area contributed by atoms with Crippen molar-refractivity contribution in [2.45, 2.75) is 33.2 Å². The van der Waals surface area contributed by atoms with E-state index in [-0.39, 0.29) is 30.6 Å².